The molecule has 0 spiro atoms. The molecule has 24 heavy (non-hydrogen) atoms. The summed E-state index contributed by atoms with van der Waals surface area (Å²) in [5.74, 6) is -0.0604. The molecule has 4 nitrogen and oxygen atoms in total. The molecule has 2 heterocycles. The van der Waals surface area contributed by atoms with E-state index in [4.69, 9.17) is 0 Å². The average molecular weight is 333 g/mol. The second-order valence-corrected chi connectivity index (χ2v) is 6.37. The van der Waals surface area contributed by atoms with E-state index in [9.17, 15) is 4.79 Å². The fourth-order valence-electron chi connectivity index (χ4n) is 2.60. The van der Waals surface area contributed by atoms with Gasteiger partial charge in [0.25, 0.3) is 0 Å². The molecule has 2 aromatic carbocycles. The van der Waals surface area contributed by atoms with Crippen molar-refractivity contribution in [2.45, 2.75) is 6.42 Å². The number of benzene rings is 2. The van der Waals surface area contributed by atoms with Gasteiger partial charge in [0.05, 0.1) is 12.1 Å². The number of carbonyl (C=O) groups is 1. The molecule has 0 atom stereocenters. The van der Waals surface area contributed by atoms with Gasteiger partial charge in [-0.25, -0.2) is 4.98 Å². The summed E-state index contributed by atoms with van der Waals surface area (Å²) in [5, 5.41) is 6.89. The normalized spacial score (nSPS) is 10.8. The van der Waals surface area contributed by atoms with E-state index in [0.717, 1.165) is 32.9 Å². The minimum atomic E-state index is -0.0604. The number of fused-ring (bicyclic) bond motifs is 1. The fourth-order valence-corrected chi connectivity index (χ4v) is 3.43. The summed E-state index contributed by atoms with van der Waals surface area (Å²) >= 11 is 1.56. The summed E-state index contributed by atoms with van der Waals surface area (Å²) in [6.45, 7) is 0. The number of thiazole rings is 1. The summed E-state index contributed by atoms with van der Waals surface area (Å²) in [4.78, 5) is 19.9. The lowest BCUT2D eigenvalue weighted by molar-refractivity contribution is -0.115. The maximum atomic E-state index is 12.2. The lowest BCUT2D eigenvalue weighted by Crippen LogP contribution is -2.14. The number of hydrogen-bond donors (Lipinski definition) is 2. The number of aromatic amines is 1. The summed E-state index contributed by atoms with van der Waals surface area (Å²) < 4.78 is 0. The molecule has 0 bridgehead atoms. The van der Waals surface area contributed by atoms with Gasteiger partial charge in [0.1, 0.15) is 5.01 Å². The number of hydrogen-bond acceptors (Lipinski definition) is 3. The lowest BCUT2D eigenvalue weighted by Gasteiger charge is -2.04. The van der Waals surface area contributed by atoms with Crippen LogP contribution in [0.25, 0.3) is 21.5 Å². The smallest absolute Gasteiger partial charge is 0.230 e. The SMILES string of the molecule is O=C(Cc1csc(-c2ccccc2)n1)Nc1ccc2[nH]ccc2c1. The monoisotopic (exact) mass is 333 g/mol. The lowest BCUT2D eigenvalue weighted by atomic mass is 10.2. The predicted octanol–water partition coefficient (Wildman–Crippen LogP) is 4.47. The summed E-state index contributed by atoms with van der Waals surface area (Å²) in [6.07, 6.45) is 2.16. The number of carbonyl (C=O) groups excluding carboxylic acids is 1. The van der Waals surface area contributed by atoms with Crippen LogP contribution in [-0.4, -0.2) is 15.9 Å². The largest absolute Gasteiger partial charge is 0.361 e. The van der Waals surface area contributed by atoms with E-state index in [1.165, 1.54) is 0 Å². The molecule has 1 amide bonds. The highest BCUT2D eigenvalue weighted by Crippen LogP contribution is 2.24. The number of H-pyrrole nitrogens is 1. The highest BCUT2D eigenvalue weighted by Gasteiger charge is 2.09. The molecular weight excluding hydrogens is 318 g/mol. The van der Waals surface area contributed by atoms with Crippen molar-refractivity contribution in [3.63, 3.8) is 0 Å². The molecule has 0 aliphatic carbocycles. The van der Waals surface area contributed by atoms with Crippen molar-refractivity contribution >= 4 is 33.8 Å². The molecule has 0 fully saturated rings. The van der Waals surface area contributed by atoms with E-state index >= 15 is 0 Å². The maximum absolute atomic E-state index is 12.2. The quantitative estimate of drug-likeness (QED) is 0.579. The van der Waals surface area contributed by atoms with Crippen molar-refractivity contribution in [1.82, 2.24) is 9.97 Å². The van der Waals surface area contributed by atoms with E-state index < -0.39 is 0 Å². The third-order valence-electron chi connectivity index (χ3n) is 3.75. The first-order valence-electron chi connectivity index (χ1n) is 7.65. The number of anilines is 1. The van der Waals surface area contributed by atoms with Crippen LogP contribution in [0.5, 0.6) is 0 Å². The van der Waals surface area contributed by atoms with Crippen LogP contribution in [0.1, 0.15) is 5.69 Å². The Morgan fingerprint density at radius 1 is 1.12 bits per heavy atom. The zero-order valence-electron chi connectivity index (χ0n) is 12.8. The van der Waals surface area contributed by atoms with Crippen LogP contribution in [0.2, 0.25) is 0 Å². The Balaban J connectivity index is 1.45. The molecule has 0 aliphatic rings. The number of amides is 1. The Morgan fingerprint density at radius 3 is 2.88 bits per heavy atom. The molecule has 0 radical (unpaired) electrons. The molecule has 0 aliphatic heterocycles. The van der Waals surface area contributed by atoms with Gasteiger partial charge >= 0.3 is 0 Å². The van der Waals surface area contributed by atoms with E-state index in [-0.39, 0.29) is 12.3 Å². The van der Waals surface area contributed by atoms with Crippen LogP contribution in [0, 0.1) is 0 Å². The first kappa shape index (κ1) is 14.7. The van der Waals surface area contributed by atoms with Crippen molar-refractivity contribution in [2.24, 2.45) is 0 Å². The Bertz CT molecular complexity index is 988. The van der Waals surface area contributed by atoms with Crippen molar-refractivity contribution in [3.8, 4) is 10.6 Å². The van der Waals surface area contributed by atoms with Crippen molar-refractivity contribution in [2.75, 3.05) is 5.32 Å². The third-order valence-corrected chi connectivity index (χ3v) is 4.69. The topological polar surface area (TPSA) is 57.8 Å². The van der Waals surface area contributed by atoms with Gasteiger partial charge in [-0.3, -0.25) is 4.79 Å². The van der Waals surface area contributed by atoms with Crippen LogP contribution < -0.4 is 5.32 Å². The van der Waals surface area contributed by atoms with Crippen LogP contribution in [-0.2, 0) is 11.2 Å². The summed E-state index contributed by atoms with van der Waals surface area (Å²) in [7, 11) is 0. The van der Waals surface area contributed by atoms with Gasteiger partial charge in [-0.05, 0) is 24.3 Å². The molecule has 0 unspecified atom stereocenters. The molecule has 4 rings (SSSR count). The third kappa shape index (κ3) is 3.07. The first-order valence-corrected chi connectivity index (χ1v) is 8.53. The number of rotatable bonds is 4. The fraction of sp³-hybridized carbons (Fsp3) is 0.0526. The van der Waals surface area contributed by atoms with E-state index in [1.54, 1.807) is 11.3 Å². The van der Waals surface area contributed by atoms with Gasteiger partial charge < -0.3 is 10.3 Å². The Hall–Kier alpha value is -2.92. The molecular formula is C19H15N3OS. The molecule has 2 aromatic heterocycles. The second-order valence-electron chi connectivity index (χ2n) is 5.51. The minimum absolute atomic E-state index is 0.0604. The minimum Gasteiger partial charge on any atom is -0.361 e. The summed E-state index contributed by atoms with van der Waals surface area (Å²) in [6, 6.07) is 17.8. The van der Waals surface area contributed by atoms with Crippen LogP contribution in [0.15, 0.2) is 66.2 Å². The van der Waals surface area contributed by atoms with Crippen LogP contribution in [0.4, 0.5) is 5.69 Å². The standard InChI is InChI=1S/C19H15N3OS/c23-18(21-15-6-7-17-14(10-15)8-9-20-17)11-16-12-24-19(22-16)13-4-2-1-3-5-13/h1-10,12,20H,11H2,(H,21,23). The van der Waals surface area contributed by atoms with Crippen molar-refractivity contribution in [1.29, 1.82) is 0 Å². The second kappa shape index (κ2) is 6.29. The van der Waals surface area contributed by atoms with E-state index in [2.05, 4.69) is 15.3 Å². The Morgan fingerprint density at radius 2 is 2.00 bits per heavy atom. The van der Waals surface area contributed by atoms with Crippen LogP contribution in [0.3, 0.4) is 0 Å². The molecule has 0 saturated heterocycles. The molecule has 4 aromatic rings. The highest BCUT2D eigenvalue weighted by molar-refractivity contribution is 7.13. The zero-order chi connectivity index (χ0) is 16.4. The average Bonchev–Trinajstić information content (AvgIpc) is 3.24. The van der Waals surface area contributed by atoms with Gasteiger partial charge in [0.2, 0.25) is 5.91 Å². The number of nitrogens with zero attached hydrogens (tertiary/aromatic N) is 1. The van der Waals surface area contributed by atoms with Crippen LogP contribution >= 0.6 is 11.3 Å². The maximum Gasteiger partial charge on any atom is 0.230 e. The first-order chi connectivity index (χ1) is 11.8. The molecule has 2 N–H and O–H groups in total. The Labute approximate surface area is 143 Å². The number of nitrogens with one attached hydrogen (secondary N) is 2. The predicted molar refractivity (Wildman–Crippen MR) is 98.2 cm³/mol. The summed E-state index contributed by atoms with van der Waals surface area (Å²) in [5.41, 5.74) is 3.72. The highest BCUT2D eigenvalue weighted by atomic mass is 32.1. The van der Waals surface area contributed by atoms with E-state index in [1.807, 2.05) is 66.2 Å². The van der Waals surface area contributed by atoms with Gasteiger partial charge in [-0.1, -0.05) is 30.3 Å². The van der Waals surface area contributed by atoms with Gasteiger partial charge in [0, 0.05) is 33.7 Å². The van der Waals surface area contributed by atoms with Crippen molar-refractivity contribution in [3.05, 3.63) is 71.9 Å². The zero-order valence-corrected chi connectivity index (χ0v) is 13.6. The van der Waals surface area contributed by atoms with Gasteiger partial charge in [-0.15, -0.1) is 11.3 Å². The van der Waals surface area contributed by atoms with E-state index in [0.29, 0.717) is 0 Å². The molecule has 0 saturated carbocycles. The van der Waals surface area contributed by atoms with Gasteiger partial charge in [0.15, 0.2) is 0 Å². The van der Waals surface area contributed by atoms with Crippen molar-refractivity contribution < 1.29 is 4.79 Å². The van der Waals surface area contributed by atoms with Gasteiger partial charge in [-0.2, -0.15) is 0 Å². The molecule has 5 heteroatoms. The molecule has 118 valence electrons. The number of aromatic nitrogens is 2. The Kier molecular flexibility index (Phi) is 3.84.